The summed E-state index contributed by atoms with van der Waals surface area (Å²) in [5.74, 6) is 1.30. The molecule has 0 atom stereocenters. The smallest absolute Gasteiger partial charge is 0.260 e. The zero-order valence-corrected chi connectivity index (χ0v) is 20.1. The number of ether oxygens (including phenoxy) is 1. The maximum absolute atomic E-state index is 13.7. The zero-order chi connectivity index (χ0) is 23.2. The molecule has 0 N–H and O–H groups in total. The van der Waals surface area contributed by atoms with E-state index in [-0.39, 0.29) is 5.91 Å². The number of amides is 1. The first kappa shape index (κ1) is 23.0. The van der Waals surface area contributed by atoms with Crippen LogP contribution in [0.4, 0.5) is 5.13 Å². The van der Waals surface area contributed by atoms with Gasteiger partial charge in [0.15, 0.2) is 5.13 Å². The molecule has 0 radical (unpaired) electrons. The fourth-order valence-corrected chi connectivity index (χ4v) is 4.76. The van der Waals surface area contributed by atoms with Crippen molar-refractivity contribution in [2.75, 3.05) is 31.1 Å². The molecule has 1 aromatic heterocycles. The molecule has 4 aromatic rings. The van der Waals surface area contributed by atoms with Gasteiger partial charge in [-0.25, -0.2) is 4.98 Å². The van der Waals surface area contributed by atoms with Gasteiger partial charge in [-0.15, -0.1) is 0 Å². The van der Waals surface area contributed by atoms with Crippen LogP contribution in [0.15, 0.2) is 72.8 Å². The van der Waals surface area contributed by atoms with E-state index in [0.717, 1.165) is 40.7 Å². The van der Waals surface area contributed by atoms with Gasteiger partial charge < -0.3 is 9.64 Å². The molecule has 4 rings (SSSR count). The lowest BCUT2D eigenvalue weighted by molar-refractivity contribution is 0.0983. The SMILES string of the molecule is CCN(CC)CCN(C(=O)c1cccc(Oc2ccccc2)c1)c1nc2ccc(C)cc2s1. The largest absolute Gasteiger partial charge is 0.457 e. The Kier molecular flexibility index (Phi) is 7.37. The number of thiazole rings is 1. The molecule has 3 aromatic carbocycles. The third-order valence-electron chi connectivity index (χ3n) is 5.60. The minimum Gasteiger partial charge on any atom is -0.457 e. The van der Waals surface area contributed by atoms with E-state index in [1.165, 1.54) is 5.56 Å². The van der Waals surface area contributed by atoms with Crippen LogP contribution in [0.5, 0.6) is 11.5 Å². The Hall–Kier alpha value is -3.22. The van der Waals surface area contributed by atoms with Gasteiger partial charge in [-0.2, -0.15) is 0 Å². The van der Waals surface area contributed by atoms with E-state index < -0.39 is 0 Å². The number of anilines is 1. The summed E-state index contributed by atoms with van der Waals surface area (Å²) in [6.45, 7) is 9.59. The van der Waals surface area contributed by atoms with Crippen molar-refractivity contribution >= 4 is 32.6 Å². The number of rotatable bonds is 9. The molecular formula is C27H29N3O2S. The van der Waals surface area contributed by atoms with Gasteiger partial charge in [0.2, 0.25) is 0 Å². The van der Waals surface area contributed by atoms with Crippen molar-refractivity contribution in [3.05, 3.63) is 83.9 Å². The monoisotopic (exact) mass is 459 g/mol. The molecule has 5 nitrogen and oxygen atoms in total. The highest BCUT2D eigenvalue weighted by Gasteiger charge is 2.22. The minimum atomic E-state index is -0.0727. The quantitative estimate of drug-likeness (QED) is 0.291. The van der Waals surface area contributed by atoms with Gasteiger partial charge in [0.1, 0.15) is 11.5 Å². The highest BCUT2D eigenvalue weighted by molar-refractivity contribution is 7.22. The first-order valence-corrected chi connectivity index (χ1v) is 12.1. The van der Waals surface area contributed by atoms with Crippen LogP contribution in [0.3, 0.4) is 0 Å². The molecule has 33 heavy (non-hydrogen) atoms. The summed E-state index contributed by atoms with van der Waals surface area (Å²) in [4.78, 5) is 22.6. The van der Waals surface area contributed by atoms with Crippen LogP contribution in [0.1, 0.15) is 29.8 Å². The second-order valence-corrected chi connectivity index (χ2v) is 8.90. The molecule has 0 bridgehead atoms. The van der Waals surface area contributed by atoms with E-state index in [1.54, 1.807) is 22.3 Å². The van der Waals surface area contributed by atoms with Gasteiger partial charge in [-0.3, -0.25) is 9.69 Å². The summed E-state index contributed by atoms with van der Waals surface area (Å²) in [5, 5.41) is 0.724. The van der Waals surface area contributed by atoms with E-state index >= 15 is 0 Å². The van der Waals surface area contributed by atoms with Gasteiger partial charge in [0.25, 0.3) is 5.91 Å². The van der Waals surface area contributed by atoms with Crippen LogP contribution in [0.2, 0.25) is 0 Å². The second-order valence-electron chi connectivity index (χ2n) is 7.89. The zero-order valence-electron chi connectivity index (χ0n) is 19.3. The Bertz CT molecular complexity index is 1220. The number of carbonyl (C=O) groups excluding carboxylic acids is 1. The number of aromatic nitrogens is 1. The normalized spacial score (nSPS) is 11.2. The Morgan fingerprint density at radius 3 is 2.42 bits per heavy atom. The molecule has 170 valence electrons. The van der Waals surface area contributed by atoms with E-state index in [9.17, 15) is 4.79 Å². The summed E-state index contributed by atoms with van der Waals surface area (Å²) >= 11 is 1.56. The average Bonchev–Trinajstić information content (AvgIpc) is 3.25. The first-order chi connectivity index (χ1) is 16.1. The predicted octanol–water partition coefficient (Wildman–Crippen LogP) is 6.39. The number of benzene rings is 3. The van der Waals surface area contributed by atoms with Gasteiger partial charge in [0.05, 0.1) is 10.2 Å². The number of aryl methyl sites for hydroxylation is 1. The maximum Gasteiger partial charge on any atom is 0.260 e. The van der Waals surface area contributed by atoms with Gasteiger partial charge in [-0.1, -0.05) is 55.5 Å². The molecule has 6 heteroatoms. The Morgan fingerprint density at radius 1 is 0.909 bits per heavy atom. The molecule has 0 aliphatic carbocycles. The lowest BCUT2D eigenvalue weighted by Crippen LogP contribution is -2.38. The van der Waals surface area contributed by atoms with Crippen molar-refractivity contribution < 1.29 is 9.53 Å². The number of hydrogen-bond donors (Lipinski definition) is 0. The average molecular weight is 460 g/mol. The topological polar surface area (TPSA) is 45.7 Å². The molecule has 0 aliphatic rings. The number of para-hydroxylation sites is 1. The van der Waals surface area contributed by atoms with Gasteiger partial charge in [0, 0.05) is 18.7 Å². The fraction of sp³-hybridized carbons (Fsp3) is 0.259. The number of likely N-dealkylation sites (N-methyl/N-ethyl adjacent to an activating group) is 1. The standard InChI is InChI=1S/C27H29N3O2S/c1-4-29(5-2)16-17-30(27-28-24-15-14-20(3)18-25(24)33-27)26(31)21-10-9-13-23(19-21)32-22-11-7-6-8-12-22/h6-15,18-19H,4-5,16-17H2,1-3H3. The van der Waals surface area contributed by atoms with Crippen LogP contribution in [0, 0.1) is 6.92 Å². The van der Waals surface area contributed by atoms with E-state index in [2.05, 4.69) is 37.8 Å². The third-order valence-corrected chi connectivity index (χ3v) is 6.64. The molecule has 0 unspecified atom stereocenters. The first-order valence-electron chi connectivity index (χ1n) is 11.3. The Morgan fingerprint density at radius 2 is 1.67 bits per heavy atom. The Labute approximate surface area is 199 Å². The number of fused-ring (bicyclic) bond motifs is 1. The molecule has 0 spiro atoms. The van der Waals surface area contributed by atoms with Crippen molar-refractivity contribution in [3.8, 4) is 11.5 Å². The summed E-state index contributed by atoms with van der Waals surface area (Å²) in [5.41, 5.74) is 2.69. The van der Waals surface area contributed by atoms with Crippen molar-refractivity contribution in [2.24, 2.45) is 0 Å². The molecule has 1 heterocycles. The van der Waals surface area contributed by atoms with E-state index in [1.807, 2.05) is 54.6 Å². The lowest BCUT2D eigenvalue weighted by Gasteiger charge is -2.25. The summed E-state index contributed by atoms with van der Waals surface area (Å²) < 4.78 is 7.05. The predicted molar refractivity (Wildman–Crippen MR) is 137 cm³/mol. The van der Waals surface area contributed by atoms with Crippen molar-refractivity contribution in [1.29, 1.82) is 0 Å². The molecule has 0 aliphatic heterocycles. The minimum absolute atomic E-state index is 0.0727. The van der Waals surface area contributed by atoms with Crippen molar-refractivity contribution in [1.82, 2.24) is 9.88 Å². The van der Waals surface area contributed by atoms with E-state index in [0.29, 0.717) is 17.9 Å². The van der Waals surface area contributed by atoms with E-state index in [4.69, 9.17) is 9.72 Å². The summed E-state index contributed by atoms with van der Waals surface area (Å²) in [6, 6.07) is 23.1. The van der Waals surface area contributed by atoms with Crippen LogP contribution in [-0.4, -0.2) is 42.0 Å². The van der Waals surface area contributed by atoms with Crippen molar-refractivity contribution in [2.45, 2.75) is 20.8 Å². The summed E-state index contributed by atoms with van der Waals surface area (Å²) in [7, 11) is 0. The molecular weight excluding hydrogens is 430 g/mol. The summed E-state index contributed by atoms with van der Waals surface area (Å²) in [6.07, 6.45) is 0. The fourth-order valence-electron chi connectivity index (χ4n) is 3.67. The molecule has 0 fully saturated rings. The number of hydrogen-bond acceptors (Lipinski definition) is 5. The number of nitrogens with zero attached hydrogens (tertiary/aromatic N) is 3. The van der Waals surface area contributed by atoms with Gasteiger partial charge in [-0.05, 0) is 68.0 Å². The highest BCUT2D eigenvalue weighted by Crippen LogP contribution is 2.31. The van der Waals surface area contributed by atoms with Gasteiger partial charge >= 0.3 is 0 Å². The third kappa shape index (κ3) is 5.59. The van der Waals surface area contributed by atoms with Crippen LogP contribution in [0.25, 0.3) is 10.2 Å². The highest BCUT2D eigenvalue weighted by atomic mass is 32.1. The number of carbonyl (C=O) groups is 1. The maximum atomic E-state index is 13.7. The second kappa shape index (κ2) is 10.6. The molecule has 0 saturated carbocycles. The van der Waals surface area contributed by atoms with Crippen LogP contribution >= 0.6 is 11.3 Å². The van der Waals surface area contributed by atoms with Crippen molar-refractivity contribution in [3.63, 3.8) is 0 Å². The molecule has 0 saturated heterocycles. The lowest BCUT2D eigenvalue weighted by atomic mass is 10.2. The van der Waals surface area contributed by atoms with Crippen LogP contribution in [-0.2, 0) is 0 Å². The molecule has 1 amide bonds. The Balaban J connectivity index is 1.64. The van der Waals surface area contributed by atoms with Crippen LogP contribution < -0.4 is 9.64 Å².